The van der Waals surface area contributed by atoms with Crippen molar-refractivity contribution in [2.45, 2.75) is 32.6 Å². The normalized spacial score (nSPS) is 14.4. The second-order valence-corrected chi connectivity index (χ2v) is 7.59. The van der Waals surface area contributed by atoms with Crippen LogP contribution in [0.15, 0.2) is 42.5 Å². The maximum Gasteiger partial charge on any atom is 0.270 e. The van der Waals surface area contributed by atoms with Gasteiger partial charge in [0.05, 0.1) is 17.1 Å². The highest BCUT2D eigenvalue weighted by Crippen LogP contribution is 2.27. The van der Waals surface area contributed by atoms with Crippen LogP contribution in [0.4, 0.5) is 11.4 Å². The molecule has 0 bridgehead atoms. The van der Waals surface area contributed by atoms with E-state index in [-0.39, 0.29) is 11.6 Å². The van der Waals surface area contributed by atoms with Gasteiger partial charge in [0.25, 0.3) is 11.6 Å². The molecule has 0 saturated carbocycles. The molecule has 7 heteroatoms. The van der Waals surface area contributed by atoms with Crippen molar-refractivity contribution in [1.29, 1.82) is 0 Å². The van der Waals surface area contributed by atoms with Crippen LogP contribution in [-0.2, 0) is 6.42 Å². The lowest BCUT2D eigenvalue weighted by Crippen LogP contribution is -2.38. The third-order valence-corrected chi connectivity index (χ3v) is 5.69. The van der Waals surface area contributed by atoms with Crippen LogP contribution in [-0.4, -0.2) is 42.5 Å². The first-order chi connectivity index (χ1) is 14.5. The number of nitro groups is 1. The van der Waals surface area contributed by atoms with Gasteiger partial charge in [-0.3, -0.25) is 14.9 Å². The van der Waals surface area contributed by atoms with Gasteiger partial charge < -0.3 is 15.0 Å². The lowest BCUT2D eigenvalue weighted by atomic mass is 9.90. The van der Waals surface area contributed by atoms with Crippen LogP contribution in [0.25, 0.3) is 0 Å². The molecule has 30 heavy (non-hydrogen) atoms. The molecule has 3 rings (SSSR count). The molecular weight excluding hydrogens is 382 g/mol. The van der Waals surface area contributed by atoms with Crippen LogP contribution in [0, 0.1) is 16.0 Å². The number of nitro benzene ring substituents is 1. The Morgan fingerprint density at radius 3 is 2.50 bits per heavy atom. The highest BCUT2D eigenvalue weighted by molar-refractivity contribution is 6.00. The van der Waals surface area contributed by atoms with E-state index >= 15 is 0 Å². The van der Waals surface area contributed by atoms with Gasteiger partial charge in [0.1, 0.15) is 5.75 Å². The third-order valence-electron chi connectivity index (χ3n) is 5.69. The van der Waals surface area contributed by atoms with Crippen molar-refractivity contribution in [1.82, 2.24) is 4.90 Å². The van der Waals surface area contributed by atoms with Crippen LogP contribution < -0.4 is 10.1 Å². The van der Waals surface area contributed by atoms with E-state index in [0.29, 0.717) is 36.9 Å². The summed E-state index contributed by atoms with van der Waals surface area (Å²) in [5.74, 6) is 1.33. The van der Waals surface area contributed by atoms with Gasteiger partial charge in [0.15, 0.2) is 0 Å². The van der Waals surface area contributed by atoms with E-state index in [4.69, 9.17) is 4.74 Å². The molecule has 0 atom stereocenters. The fraction of sp³-hybridized carbons (Fsp3) is 0.435. The molecule has 0 aliphatic carbocycles. The summed E-state index contributed by atoms with van der Waals surface area (Å²) < 4.78 is 5.48. The predicted molar refractivity (Wildman–Crippen MR) is 117 cm³/mol. The number of likely N-dealkylation sites (tertiary alicyclic amines) is 1. The zero-order valence-electron chi connectivity index (χ0n) is 17.6. The van der Waals surface area contributed by atoms with Crippen molar-refractivity contribution in [3.8, 4) is 5.75 Å². The van der Waals surface area contributed by atoms with E-state index in [0.717, 1.165) is 31.4 Å². The molecule has 1 saturated heterocycles. The van der Waals surface area contributed by atoms with E-state index < -0.39 is 4.92 Å². The topological polar surface area (TPSA) is 84.7 Å². The van der Waals surface area contributed by atoms with Crippen molar-refractivity contribution in [2.24, 2.45) is 5.92 Å². The van der Waals surface area contributed by atoms with Crippen molar-refractivity contribution in [3.63, 3.8) is 0 Å². The summed E-state index contributed by atoms with van der Waals surface area (Å²) in [5, 5.41) is 14.0. The zero-order chi connectivity index (χ0) is 21.5. The minimum absolute atomic E-state index is 0.0670. The van der Waals surface area contributed by atoms with Crippen molar-refractivity contribution >= 4 is 17.3 Å². The highest BCUT2D eigenvalue weighted by atomic mass is 16.6. The minimum atomic E-state index is -0.469. The number of carbonyl (C=O) groups is 1. The Bertz CT molecular complexity index is 875. The van der Waals surface area contributed by atoms with Crippen molar-refractivity contribution in [2.75, 3.05) is 32.1 Å². The monoisotopic (exact) mass is 411 g/mol. The number of anilines is 1. The summed E-state index contributed by atoms with van der Waals surface area (Å²) in [6.45, 7) is 4.00. The van der Waals surface area contributed by atoms with Gasteiger partial charge >= 0.3 is 0 Å². The number of amides is 1. The summed E-state index contributed by atoms with van der Waals surface area (Å²) in [5.41, 5.74) is 2.21. The molecule has 0 aromatic heterocycles. The van der Waals surface area contributed by atoms with Crippen LogP contribution in [0.3, 0.4) is 0 Å². The minimum Gasteiger partial charge on any atom is -0.494 e. The number of nitrogens with one attached hydrogen (secondary N) is 1. The largest absolute Gasteiger partial charge is 0.494 e. The summed E-state index contributed by atoms with van der Waals surface area (Å²) >= 11 is 0. The van der Waals surface area contributed by atoms with Gasteiger partial charge in [-0.25, -0.2) is 0 Å². The second-order valence-electron chi connectivity index (χ2n) is 7.59. The fourth-order valence-corrected chi connectivity index (χ4v) is 3.93. The Hall–Kier alpha value is -3.09. The maximum absolute atomic E-state index is 13.0. The van der Waals surface area contributed by atoms with Gasteiger partial charge in [-0.1, -0.05) is 12.1 Å². The van der Waals surface area contributed by atoms with Crippen LogP contribution in [0.2, 0.25) is 0 Å². The van der Waals surface area contributed by atoms with Crippen LogP contribution in [0.5, 0.6) is 5.75 Å². The Kier molecular flexibility index (Phi) is 7.27. The average molecular weight is 412 g/mol. The predicted octanol–water partition coefficient (Wildman–Crippen LogP) is 4.52. The molecule has 1 heterocycles. The number of hydrogen-bond donors (Lipinski definition) is 1. The molecular formula is C23H29N3O4. The molecule has 0 radical (unpaired) electrons. The van der Waals surface area contributed by atoms with Gasteiger partial charge in [0, 0.05) is 38.0 Å². The smallest absolute Gasteiger partial charge is 0.270 e. The molecule has 1 aliphatic heterocycles. The fourth-order valence-electron chi connectivity index (χ4n) is 3.93. The first-order valence-electron chi connectivity index (χ1n) is 10.5. The molecule has 1 N–H and O–H groups in total. The molecule has 0 spiro atoms. The van der Waals surface area contributed by atoms with Crippen LogP contribution >= 0.6 is 0 Å². The van der Waals surface area contributed by atoms with E-state index in [1.807, 2.05) is 24.0 Å². The number of carbonyl (C=O) groups excluding carboxylic acids is 1. The van der Waals surface area contributed by atoms with Crippen molar-refractivity contribution in [3.05, 3.63) is 63.7 Å². The Labute approximate surface area is 177 Å². The summed E-state index contributed by atoms with van der Waals surface area (Å²) in [6.07, 6.45) is 4.01. The lowest BCUT2D eigenvalue weighted by Gasteiger charge is -2.32. The number of benzene rings is 2. The van der Waals surface area contributed by atoms with Gasteiger partial charge in [-0.2, -0.15) is 0 Å². The highest BCUT2D eigenvalue weighted by Gasteiger charge is 2.26. The first-order valence-corrected chi connectivity index (χ1v) is 10.5. The van der Waals surface area contributed by atoms with Gasteiger partial charge in [0.2, 0.25) is 0 Å². The molecule has 1 fully saturated rings. The number of hydrogen-bond acceptors (Lipinski definition) is 5. The third kappa shape index (κ3) is 5.28. The summed E-state index contributed by atoms with van der Waals surface area (Å²) in [4.78, 5) is 25.4. The standard InChI is InChI=1S/C23H29N3O4/c1-3-30-20-9-6-17(7-10-20)4-5-18-12-14-25(15-13-18)23(27)21-16-19(26(28)29)8-11-22(21)24-2/h6-11,16,18,24H,3-5,12-15H2,1-2H3. The number of nitrogens with zero attached hydrogens (tertiary/aromatic N) is 2. The van der Waals surface area contributed by atoms with E-state index in [9.17, 15) is 14.9 Å². The Morgan fingerprint density at radius 1 is 1.20 bits per heavy atom. The number of rotatable bonds is 8. The number of aryl methyl sites for hydroxylation is 1. The quantitative estimate of drug-likeness (QED) is 0.510. The van der Waals surface area contributed by atoms with Gasteiger partial charge in [-0.15, -0.1) is 0 Å². The molecule has 2 aromatic rings. The van der Waals surface area contributed by atoms with E-state index in [1.165, 1.54) is 17.7 Å². The van der Waals surface area contributed by atoms with Crippen molar-refractivity contribution < 1.29 is 14.5 Å². The SMILES string of the molecule is CCOc1ccc(CCC2CCN(C(=O)c3cc([N+](=O)[O-])ccc3NC)CC2)cc1. The molecule has 160 valence electrons. The Balaban J connectivity index is 1.54. The second kappa shape index (κ2) is 10.1. The zero-order valence-corrected chi connectivity index (χ0v) is 17.6. The van der Waals surface area contributed by atoms with Crippen LogP contribution in [0.1, 0.15) is 42.1 Å². The maximum atomic E-state index is 13.0. The number of piperidine rings is 1. The average Bonchev–Trinajstić information content (AvgIpc) is 2.78. The van der Waals surface area contributed by atoms with E-state index in [1.54, 1.807) is 13.1 Å². The number of ether oxygens (including phenoxy) is 1. The molecule has 7 nitrogen and oxygen atoms in total. The summed E-state index contributed by atoms with van der Waals surface area (Å²) in [7, 11) is 1.71. The summed E-state index contributed by atoms with van der Waals surface area (Å²) in [6, 6.07) is 12.6. The lowest BCUT2D eigenvalue weighted by molar-refractivity contribution is -0.384. The first kappa shape index (κ1) is 21.6. The molecule has 0 unspecified atom stereocenters. The number of non-ortho nitro benzene ring substituents is 1. The molecule has 2 aromatic carbocycles. The van der Waals surface area contributed by atoms with Gasteiger partial charge in [-0.05, 0) is 62.3 Å². The molecule has 1 amide bonds. The van der Waals surface area contributed by atoms with E-state index in [2.05, 4.69) is 17.4 Å². The molecule has 1 aliphatic rings. The Morgan fingerprint density at radius 2 is 1.90 bits per heavy atom.